The maximum absolute atomic E-state index is 11.0. The van der Waals surface area contributed by atoms with E-state index in [4.69, 9.17) is 4.42 Å². The topological polar surface area (TPSA) is 75.5 Å². The maximum atomic E-state index is 11.0. The van der Waals surface area contributed by atoms with E-state index in [1.54, 1.807) is 0 Å². The SMILES string of the molecule is CC(C)(C)c1ccc2c(c1)c1cc(C(C)(C)C)ccc1n2-c1cc(-n2c3ccc(-n4c5ccccc5c5ccccc54)cc3c3c4oc5ccccc5c4ccc32)cc(C#N)c1C#N. The molecule has 0 N–H and O–H groups in total. The van der Waals surface area contributed by atoms with Crippen molar-refractivity contribution in [2.75, 3.05) is 0 Å². The Bertz CT molecular complexity index is 3940. The van der Waals surface area contributed by atoms with E-state index >= 15 is 0 Å². The molecular formula is C58H43N5O. The molecule has 0 unspecified atom stereocenters. The van der Waals surface area contributed by atoms with E-state index in [2.05, 4.69) is 201 Å². The molecule has 6 heteroatoms. The van der Waals surface area contributed by atoms with Gasteiger partial charge in [-0.1, -0.05) is 108 Å². The first-order valence-corrected chi connectivity index (χ1v) is 21.9. The monoisotopic (exact) mass is 825 g/mol. The van der Waals surface area contributed by atoms with Crippen LogP contribution in [0.4, 0.5) is 0 Å². The summed E-state index contributed by atoms with van der Waals surface area (Å²) in [6, 6.07) is 58.6. The molecule has 6 nitrogen and oxygen atoms in total. The van der Waals surface area contributed by atoms with E-state index < -0.39 is 0 Å². The van der Waals surface area contributed by atoms with Gasteiger partial charge in [0.25, 0.3) is 0 Å². The molecule has 0 saturated heterocycles. The van der Waals surface area contributed by atoms with Crippen LogP contribution in [0.3, 0.4) is 0 Å². The number of nitrogens with zero attached hydrogens (tertiary/aromatic N) is 5. The Morgan fingerprint density at radius 2 is 0.953 bits per heavy atom. The lowest BCUT2D eigenvalue weighted by molar-refractivity contribution is 0.590. The van der Waals surface area contributed by atoms with Crippen LogP contribution in [0.15, 0.2) is 156 Å². The molecule has 12 rings (SSSR count). The zero-order valence-electron chi connectivity index (χ0n) is 36.6. The van der Waals surface area contributed by atoms with Gasteiger partial charge in [0.05, 0.1) is 55.3 Å². The van der Waals surface area contributed by atoms with Gasteiger partial charge in [0.2, 0.25) is 0 Å². The predicted octanol–water partition coefficient (Wildman–Crippen LogP) is 15.2. The molecule has 0 spiro atoms. The van der Waals surface area contributed by atoms with Gasteiger partial charge in [0.1, 0.15) is 23.3 Å². The Labute approximate surface area is 370 Å². The van der Waals surface area contributed by atoms with Crippen LogP contribution in [-0.4, -0.2) is 13.7 Å². The van der Waals surface area contributed by atoms with Crippen molar-refractivity contribution in [1.82, 2.24) is 13.7 Å². The first kappa shape index (κ1) is 37.7. The number of furan rings is 1. The highest BCUT2D eigenvalue weighted by Crippen LogP contribution is 2.44. The van der Waals surface area contributed by atoms with Crippen molar-refractivity contribution >= 4 is 87.4 Å². The van der Waals surface area contributed by atoms with Gasteiger partial charge >= 0.3 is 0 Å². The van der Waals surface area contributed by atoms with Gasteiger partial charge in [0, 0.05) is 49.1 Å². The number of fused-ring (bicyclic) bond motifs is 13. The van der Waals surface area contributed by atoms with Crippen LogP contribution < -0.4 is 0 Å². The zero-order chi connectivity index (χ0) is 43.8. The van der Waals surface area contributed by atoms with E-state index in [1.807, 2.05) is 18.2 Å². The van der Waals surface area contributed by atoms with Crippen LogP contribution in [-0.2, 0) is 10.8 Å². The Hall–Kier alpha value is -8.06. The minimum Gasteiger partial charge on any atom is -0.455 e. The Kier molecular flexibility index (Phi) is 7.79. The third kappa shape index (κ3) is 5.30. The molecule has 0 aliphatic carbocycles. The molecule has 0 aliphatic heterocycles. The molecule has 306 valence electrons. The van der Waals surface area contributed by atoms with E-state index in [1.165, 1.54) is 21.9 Å². The van der Waals surface area contributed by atoms with Crippen molar-refractivity contribution in [3.05, 3.63) is 174 Å². The number of rotatable bonds is 3. The summed E-state index contributed by atoms with van der Waals surface area (Å²) in [5.41, 5.74) is 13.2. The Morgan fingerprint density at radius 3 is 1.56 bits per heavy atom. The highest BCUT2D eigenvalue weighted by atomic mass is 16.3. The molecule has 8 aromatic carbocycles. The van der Waals surface area contributed by atoms with Gasteiger partial charge in [-0.15, -0.1) is 0 Å². The molecule has 0 aliphatic rings. The number of benzene rings is 8. The molecule has 12 aromatic rings. The fourth-order valence-corrected chi connectivity index (χ4v) is 10.2. The molecule has 4 aromatic heterocycles. The largest absolute Gasteiger partial charge is 0.455 e. The van der Waals surface area contributed by atoms with Crippen molar-refractivity contribution in [3.63, 3.8) is 0 Å². The molecule has 64 heavy (non-hydrogen) atoms. The average molecular weight is 826 g/mol. The second-order valence-corrected chi connectivity index (χ2v) is 19.3. The lowest BCUT2D eigenvalue weighted by Crippen LogP contribution is -2.10. The van der Waals surface area contributed by atoms with Crippen LogP contribution >= 0.6 is 0 Å². The number of hydrogen-bond acceptors (Lipinski definition) is 3. The molecule has 4 heterocycles. The minimum absolute atomic E-state index is 0.0703. The predicted molar refractivity (Wildman–Crippen MR) is 264 cm³/mol. The first-order chi connectivity index (χ1) is 30.9. The van der Waals surface area contributed by atoms with Crippen LogP contribution in [0.2, 0.25) is 0 Å². The number of hydrogen-bond donors (Lipinski definition) is 0. The van der Waals surface area contributed by atoms with Gasteiger partial charge in [-0.05, 0) is 107 Å². The average Bonchev–Trinajstić information content (AvgIpc) is 4.03. The molecule has 0 amide bonds. The second-order valence-electron chi connectivity index (χ2n) is 19.3. The van der Waals surface area contributed by atoms with E-state index in [9.17, 15) is 10.5 Å². The Balaban J connectivity index is 1.19. The summed E-state index contributed by atoms with van der Waals surface area (Å²) >= 11 is 0. The van der Waals surface area contributed by atoms with Gasteiger partial charge in [0.15, 0.2) is 0 Å². The summed E-state index contributed by atoms with van der Waals surface area (Å²) in [5, 5.41) is 30.6. The normalized spacial score (nSPS) is 12.5. The third-order valence-electron chi connectivity index (χ3n) is 13.4. The van der Waals surface area contributed by atoms with Crippen molar-refractivity contribution in [2.45, 2.75) is 52.4 Å². The molecular weight excluding hydrogens is 783 g/mol. The second kappa shape index (κ2) is 13.2. The number of nitriles is 2. The summed E-state index contributed by atoms with van der Waals surface area (Å²) in [5.74, 6) is 0. The molecule has 0 atom stereocenters. The fraction of sp³-hybridized carbons (Fsp3) is 0.138. The van der Waals surface area contributed by atoms with Crippen LogP contribution in [0.1, 0.15) is 63.8 Å². The lowest BCUT2D eigenvalue weighted by atomic mass is 9.85. The van der Waals surface area contributed by atoms with Crippen LogP contribution in [0.25, 0.3) is 104 Å². The van der Waals surface area contributed by atoms with Crippen molar-refractivity contribution < 1.29 is 4.42 Å². The van der Waals surface area contributed by atoms with E-state index in [-0.39, 0.29) is 10.8 Å². The lowest BCUT2D eigenvalue weighted by Gasteiger charge is -2.19. The summed E-state index contributed by atoms with van der Waals surface area (Å²) in [6.45, 7) is 13.4. The summed E-state index contributed by atoms with van der Waals surface area (Å²) in [6.07, 6.45) is 0. The van der Waals surface area contributed by atoms with E-state index in [0.29, 0.717) is 16.8 Å². The van der Waals surface area contributed by atoms with Gasteiger partial charge in [-0.3, -0.25) is 0 Å². The molecule has 0 radical (unpaired) electrons. The zero-order valence-corrected chi connectivity index (χ0v) is 36.6. The number of aromatic nitrogens is 3. The third-order valence-corrected chi connectivity index (χ3v) is 13.4. The van der Waals surface area contributed by atoms with Crippen molar-refractivity contribution in [3.8, 4) is 29.2 Å². The Morgan fingerprint density at radius 1 is 0.422 bits per heavy atom. The van der Waals surface area contributed by atoms with Crippen LogP contribution in [0.5, 0.6) is 0 Å². The van der Waals surface area contributed by atoms with Gasteiger partial charge in [-0.25, -0.2) is 0 Å². The van der Waals surface area contributed by atoms with Gasteiger partial charge < -0.3 is 18.1 Å². The molecule has 0 saturated carbocycles. The molecule has 0 bridgehead atoms. The van der Waals surface area contributed by atoms with Crippen molar-refractivity contribution in [2.24, 2.45) is 0 Å². The molecule has 0 fully saturated rings. The maximum Gasteiger partial charge on any atom is 0.145 e. The summed E-state index contributed by atoms with van der Waals surface area (Å²) < 4.78 is 13.6. The fourth-order valence-electron chi connectivity index (χ4n) is 10.2. The standard InChI is InChI=1S/C58H43N5O/c1-57(2,3)35-19-23-49-43(28-35)44-29-36(58(4,5)6)20-24-50(44)63(49)53-31-38(27-34(32-59)46(53)33-60)62-51-25-21-37(61-47-16-10-7-13-39(47)40-14-8-11-17-48(40)61)30-45(51)55-52(62)26-22-42-41-15-9-12-18-54(41)64-56(42)55/h7-31H,1-6H3. The summed E-state index contributed by atoms with van der Waals surface area (Å²) in [7, 11) is 0. The first-order valence-electron chi connectivity index (χ1n) is 21.9. The van der Waals surface area contributed by atoms with E-state index in [0.717, 1.165) is 88.0 Å². The minimum atomic E-state index is -0.0703. The quantitative estimate of drug-likeness (QED) is 0.178. The van der Waals surface area contributed by atoms with Crippen LogP contribution in [0, 0.1) is 22.7 Å². The highest BCUT2D eigenvalue weighted by molar-refractivity contribution is 6.24. The summed E-state index contributed by atoms with van der Waals surface area (Å²) in [4.78, 5) is 0. The number of para-hydroxylation sites is 3. The smallest absolute Gasteiger partial charge is 0.145 e. The van der Waals surface area contributed by atoms with Gasteiger partial charge in [-0.2, -0.15) is 10.5 Å². The highest BCUT2D eigenvalue weighted by Gasteiger charge is 2.26. The van der Waals surface area contributed by atoms with Crippen molar-refractivity contribution in [1.29, 1.82) is 10.5 Å².